The van der Waals surface area contributed by atoms with E-state index in [9.17, 15) is 9.90 Å². The minimum absolute atomic E-state index is 0.0518. The summed E-state index contributed by atoms with van der Waals surface area (Å²) < 4.78 is 1.68. The number of hydrogen-bond acceptors (Lipinski definition) is 3. The molecule has 7 heteroatoms. The van der Waals surface area contributed by atoms with Gasteiger partial charge in [-0.3, -0.25) is 9.48 Å². The molecule has 1 aliphatic rings. The summed E-state index contributed by atoms with van der Waals surface area (Å²) >= 11 is 12.8. The van der Waals surface area contributed by atoms with E-state index in [-0.39, 0.29) is 18.4 Å². The number of nitrogens with zero attached hydrogens (tertiary/aromatic N) is 3. The molecule has 0 spiro atoms. The Kier molecular flexibility index (Phi) is 6.19. The van der Waals surface area contributed by atoms with E-state index in [1.165, 1.54) is 0 Å². The first-order valence-electron chi connectivity index (χ1n) is 9.84. The number of carbonyl (C=O) groups is 1. The largest absolute Gasteiger partial charge is 0.386 e. The number of halogens is 2. The average Bonchev–Trinajstić information content (AvgIpc) is 2.95. The lowest BCUT2D eigenvalue weighted by Crippen LogP contribution is -2.45. The monoisotopic (exact) mass is 447 g/mol. The maximum Gasteiger partial charge on any atom is 0.227 e. The highest BCUT2D eigenvalue weighted by atomic mass is 35.5. The summed E-state index contributed by atoms with van der Waals surface area (Å²) in [6, 6.07) is 3.42. The summed E-state index contributed by atoms with van der Waals surface area (Å²) in [7, 11) is 1.80. The molecule has 1 aromatic carbocycles. The number of aromatic nitrogens is 2. The quantitative estimate of drug-likeness (QED) is 0.711. The van der Waals surface area contributed by atoms with E-state index >= 15 is 0 Å². The Balaban J connectivity index is 1.94. The van der Waals surface area contributed by atoms with Crippen molar-refractivity contribution in [3.8, 4) is 0 Å². The lowest BCUT2D eigenvalue weighted by atomic mass is 9.83. The third-order valence-corrected chi connectivity index (χ3v) is 6.48. The van der Waals surface area contributed by atoms with Crippen LogP contribution in [0.1, 0.15) is 32.8 Å². The molecule has 1 aromatic heterocycles. The number of aliphatic hydroxyl groups is 1. The lowest BCUT2D eigenvalue weighted by Gasteiger charge is -2.38. The van der Waals surface area contributed by atoms with Crippen LogP contribution in [0.15, 0.2) is 48.1 Å². The second-order valence-electron chi connectivity index (χ2n) is 8.20. The fourth-order valence-corrected chi connectivity index (χ4v) is 4.64. The van der Waals surface area contributed by atoms with Crippen molar-refractivity contribution >= 4 is 40.0 Å². The van der Waals surface area contributed by atoms with E-state index in [2.05, 4.69) is 18.3 Å². The molecule has 0 saturated heterocycles. The van der Waals surface area contributed by atoms with Crippen LogP contribution in [0.2, 0.25) is 10.2 Å². The Labute approximate surface area is 187 Å². The van der Waals surface area contributed by atoms with Crippen molar-refractivity contribution < 1.29 is 9.90 Å². The van der Waals surface area contributed by atoms with Crippen LogP contribution in [-0.2, 0) is 18.3 Å². The van der Waals surface area contributed by atoms with E-state index in [0.717, 1.165) is 16.7 Å². The van der Waals surface area contributed by atoms with Crippen molar-refractivity contribution in [3.63, 3.8) is 0 Å². The molecule has 1 unspecified atom stereocenters. The molecule has 1 amide bonds. The van der Waals surface area contributed by atoms with Gasteiger partial charge >= 0.3 is 0 Å². The van der Waals surface area contributed by atoms with Gasteiger partial charge in [-0.05, 0) is 61.6 Å². The summed E-state index contributed by atoms with van der Waals surface area (Å²) in [4.78, 5) is 15.1. The van der Waals surface area contributed by atoms with Crippen LogP contribution in [0.4, 0.5) is 0 Å². The third-order valence-electron chi connectivity index (χ3n) is 5.87. The molecule has 1 atom stereocenters. The van der Waals surface area contributed by atoms with Gasteiger partial charge in [0.05, 0.1) is 23.6 Å². The summed E-state index contributed by atoms with van der Waals surface area (Å²) in [5.41, 5.74) is 3.01. The van der Waals surface area contributed by atoms with Gasteiger partial charge in [-0.1, -0.05) is 42.4 Å². The zero-order valence-corrected chi connectivity index (χ0v) is 19.3. The standard InChI is InChI=1S/C23H27Cl2N3O2/c1-7-15-14(3)28(11-10-16(15)13(2)23(4,5)30)20(29)12-17-18(24)8-9-19-21(17)22(25)26-27(19)6/h7-9,14,30H,1-2,10-12H2,3-6H3. The normalized spacial score (nSPS) is 17.6. The summed E-state index contributed by atoms with van der Waals surface area (Å²) in [6.45, 7) is 13.9. The van der Waals surface area contributed by atoms with Gasteiger partial charge in [0.1, 0.15) is 0 Å². The molecule has 0 aliphatic carbocycles. The molecule has 2 aromatic rings. The zero-order valence-electron chi connectivity index (χ0n) is 17.8. The van der Waals surface area contributed by atoms with Gasteiger partial charge in [-0.2, -0.15) is 5.10 Å². The SMILES string of the molecule is C=CC1=C(C(=C)C(C)(C)O)CCN(C(=O)Cc2c(Cl)ccc3c2c(Cl)nn3C)C1C. The topological polar surface area (TPSA) is 58.4 Å². The van der Waals surface area contributed by atoms with E-state index in [1.807, 2.05) is 17.9 Å². The minimum atomic E-state index is -1.03. The van der Waals surface area contributed by atoms with Gasteiger partial charge in [-0.15, -0.1) is 0 Å². The Morgan fingerprint density at radius 1 is 1.40 bits per heavy atom. The number of benzene rings is 1. The van der Waals surface area contributed by atoms with Gasteiger partial charge in [0.25, 0.3) is 0 Å². The summed E-state index contributed by atoms with van der Waals surface area (Å²) in [5, 5.41) is 16.2. The van der Waals surface area contributed by atoms with Crippen molar-refractivity contribution in [2.24, 2.45) is 7.05 Å². The molecule has 0 bridgehead atoms. The van der Waals surface area contributed by atoms with Gasteiger partial charge < -0.3 is 10.0 Å². The fraction of sp³-hybridized carbons (Fsp3) is 0.391. The Hall–Kier alpha value is -2.08. The van der Waals surface area contributed by atoms with E-state index < -0.39 is 5.60 Å². The number of amides is 1. The average molecular weight is 448 g/mol. The first-order chi connectivity index (χ1) is 14.0. The molecule has 30 heavy (non-hydrogen) atoms. The van der Waals surface area contributed by atoms with E-state index in [1.54, 1.807) is 37.7 Å². The summed E-state index contributed by atoms with van der Waals surface area (Å²) in [5.74, 6) is -0.0518. The Bertz CT molecular complexity index is 1080. The van der Waals surface area contributed by atoms with Crippen molar-refractivity contribution in [1.82, 2.24) is 14.7 Å². The van der Waals surface area contributed by atoms with Crippen molar-refractivity contribution in [1.29, 1.82) is 0 Å². The second-order valence-corrected chi connectivity index (χ2v) is 8.97. The highest BCUT2D eigenvalue weighted by Gasteiger charge is 2.32. The van der Waals surface area contributed by atoms with Gasteiger partial charge in [0, 0.05) is 24.0 Å². The highest BCUT2D eigenvalue weighted by molar-refractivity contribution is 6.37. The van der Waals surface area contributed by atoms with Crippen LogP contribution in [-0.4, -0.2) is 43.9 Å². The van der Waals surface area contributed by atoms with Crippen LogP contribution in [0.3, 0.4) is 0 Å². The van der Waals surface area contributed by atoms with Crippen LogP contribution in [0.5, 0.6) is 0 Å². The Morgan fingerprint density at radius 2 is 2.07 bits per heavy atom. The molecule has 1 aliphatic heterocycles. The molecule has 2 heterocycles. The van der Waals surface area contributed by atoms with Gasteiger partial charge in [0.15, 0.2) is 5.15 Å². The fourth-order valence-electron chi connectivity index (χ4n) is 4.09. The molecule has 0 radical (unpaired) electrons. The molecular formula is C23H27Cl2N3O2. The smallest absolute Gasteiger partial charge is 0.227 e. The van der Waals surface area contributed by atoms with Crippen molar-refractivity contribution in [2.75, 3.05) is 6.54 Å². The molecule has 160 valence electrons. The van der Waals surface area contributed by atoms with E-state index in [0.29, 0.717) is 39.7 Å². The van der Waals surface area contributed by atoms with Gasteiger partial charge in [-0.25, -0.2) is 0 Å². The predicted octanol–water partition coefficient (Wildman–Crippen LogP) is 4.85. The van der Waals surface area contributed by atoms with Crippen LogP contribution in [0, 0.1) is 0 Å². The number of carbonyl (C=O) groups excluding carboxylic acids is 1. The number of hydrogen-bond donors (Lipinski definition) is 1. The Morgan fingerprint density at radius 3 is 2.67 bits per heavy atom. The zero-order chi connectivity index (χ0) is 22.4. The number of aryl methyl sites for hydroxylation is 1. The minimum Gasteiger partial charge on any atom is -0.386 e. The maximum atomic E-state index is 13.3. The van der Waals surface area contributed by atoms with E-state index in [4.69, 9.17) is 23.2 Å². The van der Waals surface area contributed by atoms with Crippen molar-refractivity contribution in [2.45, 2.75) is 45.3 Å². The van der Waals surface area contributed by atoms with Crippen LogP contribution in [0.25, 0.3) is 10.9 Å². The van der Waals surface area contributed by atoms with Crippen LogP contribution < -0.4 is 0 Å². The molecule has 0 saturated carbocycles. The highest BCUT2D eigenvalue weighted by Crippen LogP contribution is 2.35. The predicted molar refractivity (Wildman–Crippen MR) is 123 cm³/mol. The lowest BCUT2D eigenvalue weighted by molar-refractivity contribution is -0.132. The second kappa shape index (κ2) is 8.22. The first-order valence-corrected chi connectivity index (χ1v) is 10.6. The third kappa shape index (κ3) is 3.94. The van der Waals surface area contributed by atoms with Gasteiger partial charge in [0.2, 0.25) is 5.91 Å². The number of rotatable bonds is 5. The molecular weight excluding hydrogens is 421 g/mol. The number of fused-ring (bicyclic) bond motifs is 1. The summed E-state index contributed by atoms with van der Waals surface area (Å²) in [6.07, 6.45) is 2.48. The molecule has 1 N–H and O–H groups in total. The molecule has 0 fully saturated rings. The van der Waals surface area contributed by atoms with Crippen LogP contribution >= 0.6 is 23.2 Å². The molecule has 5 nitrogen and oxygen atoms in total. The maximum absolute atomic E-state index is 13.3. The van der Waals surface area contributed by atoms with Crippen molar-refractivity contribution in [3.05, 3.63) is 63.8 Å². The first kappa shape index (κ1) is 22.6. The molecule has 3 rings (SSSR count).